The van der Waals surface area contributed by atoms with Crippen molar-refractivity contribution >= 4 is 27.5 Å². The van der Waals surface area contributed by atoms with E-state index in [0.717, 1.165) is 24.9 Å². The van der Waals surface area contributed by atoms with Gasteiger partial charge >= 0.3 is 0 Å². The zero-order valence-electron chi connectivity index (χ0n) is 12.3. The lowest BCUT2D eigenvalue weighted by molar-refractivity contribution is -0.129. The van der Waals surface area contributed by atoms with Crippen molar-refractivity contribution in [3.8, 4) is 0 Å². The molecule has 0 unspecified atom stereocenters. The van der Waals surface area contributed by atoms with Crippen molar-refractivity contribution < 1.29 is 13.2 Å². The molecule has 0 saturated carbocycles. The number of hydrogen-bond acceptors (Lipinski definition) is 5. The fourth-order valence-corrected chi connectivity index (χ4v) is 6.69. The Kier molecular flexibility index (Phi) is 4.73. The molecule has 7 heteroatoms. The van der Waals surface area contributed by atoms with E-state index in [-0.39, 0.29) is 28.7 Å². The Labute approximate surface area is 135 Å². The smallest absolute Gasteiger partial charge is 0.233 e. The Bertz CT molecular complexity index is 633. The van der Waals surface area contributed by atoms with Gasteiger partial charge in [0.15, 0.2) is 9.84 Å². The maximum absolute atomic E-state index is 12.5. The second kappa shape index (κ2) is 6.58. The lowest BCUT2D eigenvalue weighted by atomic mass is 10.1. The Hall–Kier alpha value is -1.08. The van der Waals surface area contributed by atoms with E-state index >= 15 is 0 Å². The van der Waals surface area contributed by atoms with Crippen molar-refractivity contribution in [2.45, 2.75) is 30.6 Å². The molecule has 1 aromatic heterocycles. The molecule has 0 radical (unpaired) electrons. The van der Waals surface area contributed by atoms with Crippen LogP contribution in [0.1, 0.15) is 30.9 Å². The first-order valence-corrected chi connectivity index (χ1v) is 10.4. The molecule has 120 valence electrons. The largest absolute Gasteiger partial charge is 0.335 e. The summed E-state index contributed by atoms with van der Waals surface area (Å²) in [6.45, 7) is 0.787. The van der Waals surface area contributed by atoms with Gasteiger partial charge in [0.25, 0.3) is 0 Å². The van der Waals surface area contributed by atoms with Gasteiger partial charge in [0, 0.05) is 24.2 Å². The molecule has 2 aliphatic heterocycles. The number of sulfone groups is 1. The standard InChI is InChI=1S/C15H20N2O3S2/c18-15(10-21-13-5-9-22(19,20)11-13)17-8-1-2-14(17)12-3-6-16-7-4-12/h3-4,6-7,13-14H,1-2,5,8-11H2/t13-,14+/m0/s1. The fraction of sp³-hybridized carbons (Fsp3) is 0.600. The van der Waals surface area contributed by atoms with Crippen molar-refractivity contribution in [1.29, 1.82) is 0 Å². The number of thioether (sulfide) groups is 1. The van der Waals surface area contributed by atoms with Crippen LogP contribution in [0.4, 0.5) is 0 Å². The first-order chi connectivity index (χ1) is 10.6. The summed E-state index contributed by atoms with van der Waals surface area (Å²) in [6.07, 6.45) is 6.19. The average Bonchev–Trinajstić information content (AvgIpc) is 3.12. The minimum absolute atomic E-state index is 0.0796. The predicted molar refractivity (Wildman–Crippen MR) is 87.4 cm³/mol. The summed E-state index contributed by atoms with van der Waals surface area (Å²) in [6, 6.07) is 4.07. The SMILES string of the molecule is O=C(CS[C@H]1CCS(=O)(=O)C1)N1CCC[C@@H]1c1ccncc1. The number of hydrogen-bond donors (Lipinski definition) is 0. The third kappa shape index (κ3) is 3.63. The van der Waals surface area contributed by atoms with E-state index in [9.17, 15) is 13.2 Å². The summed E-state index contributed by atoms with van der Waals surface area (Å²) in [5.41, 5.74) is 1.13. The summed E-state index contributed by atoms with van der Waals surface area (Å²) < 4.78 is 22.9. The van der Waals surface area contributed by atoms with Gasteiger partial charge in [0.1, 0.15) is 0 Å². The van der Waals surface area contributed by atoms with Gasteiger partial charge < -0.3 is 4.90 Å². The molecular formula is C15H20N2O3S2. The second-order valence-corrected chi connectivity index (χ2v) is 9.38. The van der Waals surface area contributed by atoms with Crippen LogP contribution in [0.2, 0.25) is 0 Å². The zero-order valence-corrected chi connectivity index (χ0v) is 14.0. The van der Waals surface area contributed by atoms with Gasteiger partial charge in [0.05, 0.1) is 23.3 Å². The number of aromatic nitrogens is 1. The van der Waals surface area contributed by atoms with Crippen LogP contribution >= 0.6 is 11.8 Å². The molecule has 0 bridgehead atoms. The molecule has 1 aromatic rings. The van der Waals surface area contributed by atoms with E-state index in [2.05, 4.69) is 4.98 Å². The van der Waals surface area contributed by atoms with Crippen LogP contribution in [-0.4, -0.2) is 53.3 Å². The number of carbonyl (C=O) groups excluding carboxylic acids is 1. The van der Waals surface area contributed by atoms with E-state index in [1.54, 1.807) is 12.4 Å². The Morgan fingerprint density at radius 1 is 1.32 bits per heavy atom. The molecule has 5 nitrogen and oxygen atoms in total. The highest BCUT2D eigenvalue weighted by Crippen LogP contribution is 2.33. The van der Waals surface area contributed by atoms with E-state index in [0.29, 0.717) is 12.2 Å². The maximum Gasteiger partial charge on any atom is 0.233 e. The lowest BCUT2D eigenvalue weighted by Crippen LogP contribution is -2.32. The highest BCUT2D eigenvalue weighted by molar-refractivity contribution is 8.02. The van der Waals surface area contributed by atoms with E-state index in [1.165, 1.54) is 11.8 Å². The van der Waals surface area contributed by atoms with Crippen molar-refractivity contribution in [3.63, 3.8) is 0 Å². The first-order valence-electron chi connectivity index (χ1n) is 7.56. The number of amides is 1. The van der Waals surface area contributed by atoms with Crippen LogP contribution in [0.15, 0.2) is 24.5 Å². The molecule has 0 aliphatic carbocycles. The quantitative estimate of drug-likeness (QED) is 0.834. The summed E-state index contributed by atoms with van der Waals surface area (Å²) in [5.74, 6) is 0.983. The summed E-state index contributed by atoms with van der Waals surface area (Å²) in [7, 11) is -2.87. The molecule has 0 spiro atoms. The van der Waals surface area contributed by atoms with Crippen molar-refractivity contribution in [2.24, 2.45) is 0 Å². The van der Waals surface area contributed by atoms with Gasteiger partial charge in [-0.3, -0.25) is 9.78 Å². The monoisotopic (exact) mass is 340 g/mol. The summed E-state index contributed by atoms with van der Waals surface area (Å²) in [4.78, 5) is 18.4. The van der Waals surface area contributed by atoms with Crippen molar-refractivity contribution in [2.75, 3.05) is 23.8 Å². The number of rotatable bonds is 4. The highest BCUT2D eigenvalue weighted by atomic mass is 32.2. The topological polar surface area (TPSA) is 67.3 Å². The predicted octanol–water partition coefficient (Wildman–Crippen LogP) is 1.67. The van der Waals surface area contributed by atoms with Gasteiger partial charge in [-0.15, -0.1) is 11.8 Å². The molecule has 2 saturated heterocycles. The number of pyridine rings is 1. The van der Waals surface area contributed by atoms with Crippen molar-refractivity contribution in [1.82, 2.24) is 9.88 Å². The van der Waals surface area contributed by atoms with Gasteiger partial charge in [-0.05, 0) is 37.0 Å². The van der Waals surface area contributed by atoms with Crippen LogP contribution in [0.5, 0.6) is 0 Å². The van der Waals surface area contributed by atoms with Gasteiger partial charge in [-0.2, -0.15) is 0 Å². The molecule has 2 atom stereocenters. The van der Waals surface area contributed by atoms with Crippen LogP contribution < -0.4 is 0 Å². The minimum Gasteiger partial charge on any atom is -0.335 e. The third-order valence-corrected chi connectivity index (χ3v) is 7.56. The molecule has 0 aromatic carbocycles. The molecule has 3 heterocycles. The van der Waals surface area contributed by atoms with E-state index in [4.69, 9.17) is 0 Å². The molecule has 2 fully saturated rings. The van der Waals surface area contributed by atoms with E-state index < -0.39 is 9.84 Å². The fourth-order valence-electron chi connectivity index (χ4n) is 3.16. The maximum atomic E-state index is 12.5. The molecule has 22 heavy (non-hydrogen) atoms. The van der Waals surface area contributed by atoms with Crippen LogP contribution in [0.3, 0.4) is 0 Å². The number of carbonyl (C=O) groups is 1. The molecule has 3 rings (SSSR count). The van der Waals surface area contributed by atoms with Crippen molar-refractivity contribution in [3.05, 3.63) is 30.1 Å². The Morgan fingerprint density at radius 2 is 2.09 bits per heavy atom. The second-order valence-electron chi connectivity index (χ2n) is 5.86. The Morgan fingerprint density at radius 3 is 2.77 bits per heavy atom. The summed E-state index contributed by atoms with van der Waals surface area (Å²) >= 11 is 1.50. The first kappa shape index (κ1) is 15.8. The summed E-state index contributed by atoms with van der Waals surface area (Å²) in [5, 5.41) is 0.0796. The van der Waals surface area contributed by atoms with Crippen LogP contribution in [0, 0.1) is 0 Å². The lowest BCUT2D eigenvalue weighted by Gasteiger charge is -2.25. The molecular weight excluding hydrogens is 320 g/mol. The van der Waals surface area contributed by atoms with E-state index in [1.807, 2.05) is 17.0 Å². The highest BCUT2D eigenvalue weighted by Gasteiger charge is 2.32. The van der Waals surface area contributed by atoms with Crippen LogP contribution in [-0.2, 0) is 14.6 Å². The van der Waals surface area contributed by atoms with Gasteiger partial charge in [-0.25, -0.2) is 8.42 Å². The zero-order chi connectivity index (χ0) is 15.6. The van der Waals surface area contributed by atoms with Crippen LogP contribution in [0.25, 0.3) is 0 Å². The Balaban J connectivity index is 1.58. The molecule has 1 amide bonds. The molecule has 2 aliphatic rings. The number of likely N-dealkylation sites (tertiary alicyclic amines) is 1. The normalized spacial score (nSPS) is 27.2. The third-order valence-electron chi connectivity index (χ3n) is 4.30. The average molecular weight is 340 g/mol. The minimum atomic E-state index is -2.87. The van der Waals surface area contributed by atoms with Gasteiger partial charge in [-0.1, -0.05) is 0 Å². The number of nitrogens with zero attached hydrogens (tertiary/aromatic N) is 2. The van der Waals surface area contributed by atoms with Gasteiger partial charge in [0.2, 0.25) is 5.91 Å². The molecule has 0 N–H and O–H groups in total.